The number of likely N-dealkylation sites (N-methyl/N-ethyl adjacent to an activating group) is 4. The molecule has 0 unspecified atom stereocenters. The highest BCUT2D eigenvalue weighted by Crippen LogP contribution is 2.25. The van der Waals surface area contributed by atoms with Crippen LogP contribution in [0.15, 0.2) is 0 Å². The topological polar surface area (TPSA) is 118 Å². The van der Waals surface area contributed by atoms with Crippen molar-refractivity contribution < 1.29 is 38.1 Å². The van der Waals surface area contributed by atoms with E-state index in [4.69, 9.17) is 18.9 Å². The number of carbonyl (C=O) groups is 4. The largest absolute Gasteiger partial charge is 0.465 e. The van der Waals surface area contributed by atoms with E-state index in [9.17, 15) is 19.2 Å². The van der Waals surface area contributed by atoms with Crippen LogP contribution in [0, 0.1) is 5.41 Å². The third kappa shape index (κ3) is 44.1. The highest BCUT2D eigenvalue weighted by atomic mass is 16.6. The van der Waals surface area contributed by atoms with Gasteiger partial charge in [-0.2, -0.15) is 0 Å². The van der Waals surface area contributed by atoms with E-state index in [2.05, 4.69) is 75.5 Å². The highest BCUT2D eigenvalue weighted by Gasteiger charge is 2.45. The number of rotatable bonds is 55. The first-order valence-electron chi connectivity index (χ1n) is 30.3. The molecule has 0 amide bonds. The van der Waals surface area contributed by atoms with Crippen LogP contribution in [0.1, 0.15) is 252 Å². The monoisotopic (exact) mass is 1020 g/mol. The lowest BCUT2D eigenvalue weighted by Crippen LogP contribution is -2.47. The fraction of sp³-hybridized carbons (Fsp3) is 0.933. The molecule has 0 rings (SSSR count). The third-order valence-corrected chi connectivity index (χ3v) is 14.5. The van der Waals surface area contributed by atoms with Crippen molar-refractivity contribution in [3.8, 4) is 0 Å². The molecule has 0 bridgehead atoms. The molecule has 0 aromatic heterocycles. The predicted octanol–water partition coefficient (Wildman–Crippen LogP) is 13.6. The number of hydrogen-bond acceptors (Lipinski definition) is 12. The van der Waals surface area contributed by atoms with E-state index < -0.39 is 29.3 Å². The molecular weight excluding hydrogens is 905 g/mol. The zero-order chi connectivity index (χ0) is 53.2. The van der Waals surface area contributed by atoms with Gasteiger partial charge in [-0.05, 0) is 73.4 Å². The lowest BCUT2D eigenvalue weighted by molar-refractivity contribution is -0.179. The quantitative estimate of drug-likeness (QED) is 0.0328. The van der Waals surface area contributed by atoms with Gasteiger partial charge in [0.2, 0.25) is 0 Å². The zero-order valence-corrected chi connectivity index (χ0v) is 48.8. The van der Waals surface area contributed by atoms with Gasteiger partial charge in [0.1, 0.15) is 19.8 Å². The van der Waals surface area contributed by atoms with Crippen LogP contribution < -0.4 is 0 Å². The highest BCUT2D eigenvalue weighted by molar-refractivity contribution is 5.80. The number of ether oxygens (including phenoxy) is 4. The normalized spacial score (nSPS) is 11.9. The molecule has 0 aromatic rings. The number of esters is 4. The Morgan fingerprint density at radius 1 is 0.306 bits per heavy atom. The molecule has 0 saturated heterocycles. The smallest absolute Gasteiger partial charge is 0.322 e. The molecular formula is C60H118N4O8. The zero-order valence-electron chi connectivity index (χ0n) is 48.8. The van der Waals surface area contributed by atoms with Gasteiger partial charge in [-0.3, -0.25) is 19.2 Å². The van der Waals surface area contributed by atoms with Crippen LogP contribution in [-0.2, 0) is 38.1 Å². The fourth-order valence-corrected chi connectivity index (χ4v) is 8.76. The summed E-state index contributed by atoms with van der Waals surface area (Å²) >= 11 is 0. The summed E-state index contributed by atoms with van der Waals surface area (Å²) in [7, 11) is 8.86. The summed E-state index contributed by atoms with van der Waals surface area (Å²) in [6, 6.07) is 0. The minimum absolute atomic E-state index is 0.194. The van der Waals surface area contributed by atoms with Gasteiger partial charge in [-0.25, -0.2) is 0 Å². The van der Waals surface area contributed by atoms with Gasteiger partial charge in [-0.15, -0.1) is 0 Å². The molecule has 0 aliphatic heterocycles. The summed E-state index contributed by atoms with van der Waals surface area (Å²) in [5.74, 6) is -1.89. The van der Waals surface area contributed by atoms with Crippen molar-refractivity contribution >= 4 is 23.9 Å². The minimum atomic E-state index is -1.65. The van der Waals surface area contributed by atoms with E-state index in [0.29, 0.717) is 25.7 Å². The van der Waals surface area contributed by atoms with Crippen LogP contribution in [0.5, 0.6) is 0 Å². The summed E-state index contributed by atoms with van der Waals surface area (Å²) in [6.07, 6.45) is 35.8. The molecule has 0 aliphatic carbocycles. The molecule has 0 aliphatic rings. The van der Waals surface area contributed by atoms with Gasteiger partial charge in [0.05, 0.1) is 6.61 Å². The third-order valence-electron chi connectivity index (χ3n) is 14.5. The molecule has 0 heterocycles. The van der Waals surface area contributed by atoms with Crippen molar-refractivity contribution in [1.29, 1.82) is 0 Å². The second-order valence-electron chi connectivity index (χ2n) is 21.7. The van der Waals surface area contributed by atoms with Crippen LogP contribution in [0.3, 0.4) is 0 Å². The van der Waals surface area contributed by atoms with Crippen LogP contribution in [-0.4, -0.2) is 150 Å². The van der Waals surface area contributed by atoms with Crippen molar-refractivity contribution in [2.75, 3.05) is 107 Å². The van der Waals surface area contributed by atoms with Gasteiger partial charge >= 0.3 is 23.9 Å². The maximum absolute atomic E-state index is 14.2. The van der Waals surface area contributed by atoms with Crippen molar-refractivity contribution in [1.82, 2.24) is 19.6 Å². The first kappa shape index (κ1) is 69.7. The van der Waals surface area contributed by atoms with Gasteiger partial charge < -0.3 is 38.5 Å². The van der Waals surface area contributed by atoms with Crippen LogP contribution >= 0.6 is 0 Å². The van der Waals surface area contributed by atoms with Gasteiger partial charge in [0.25, 0.3) is 0 Å². The molecule has 72 heavy (non-hydrogen) atoms. The predicted molar refractivity (Wildman–Crippen MR) is 301 cm³/mol. The lowest BCUT2D eigenvalue weighted by atomic mass is 9.91. The number of nitrogens with zero attached hydrogens (tertiary/aromatic N) is 4. The summed E-state index contributed by atoms with van der Waals surface area (Å²) in [5.41, 5.74) is -1.65. The van der Waals surface area contributed by atoms with Crippen molar-refractivity contribution in [2.45, 2.75) is 252 Å². The second kappa shape index (κ2) is 50.9. The van der Waals surface area contributed by atoms with Crippen LogP contribution in [0.2, 0.25) is 0 Å². The Bertz CT molecular complexity index is 1170. The van der Waals surface area contributed by atoms with E-state index in [1.54, 1.807) is 0 Å². The maximum Gasteiger partial charge on any atom is 0.322 e. The molecule has 0 aromatic carbocycles. The van der Waals surface area contributed by atoms with Gasteiger partial charge in [-0.1, -0.05) is 201 Å². The summed E-state index contributed by atoms with van der Waals surface area (Å²) in [5, 5.41) is 0. The number of hydrogen-bond donors (Lipinski definition) is 0. The Labute approximate surface area is 444 Å². The average Bonchev–Trinajstić information content (AvgIpc) is 3.37. The lowest BCUT2D eigenvalue weighted by Gasteiger charge is -2.30. The SMILES string of the molecule is CCCCCCCCCCC(=O)OCC(COC(=O)CCCCCCCCCC)(COC(=O)CCCCCCCCCC)C(=O)OCCCCCCCCCCN(C)CCN(C)CCN(C)CCN(C)CC. The van der Waals surface area contributed by atoms with Gasteiger partial charge in [0, 0.05) is 58.5 Å². The van der Waals surface area contributed by atoms with E-state index in [0.717, 1.165) is 129 Å². The van der Waals surface area contributed by atoms with Crippen molar-refractivity contribution in [2.24, 2.45) is 5.41 Å². The molecule has 0 radical (unpaired) electrons. The molecule has 0 fully saturated rings. The number of unbranched alkanes of at least 4 members (excludes halogenated alkanes) is 28. The second-order valence-corrected chi connectivity index (χ2v) is 21.7. The summed E-state index contributed by atoms with van der Waals surface area (Å²) in [4.78, 5) is 63.3. The average molecular weight is 1020 g/mol. The van der Waals surface area contributed by atoms with Gasteiger partial charge in [0.15, 0.2) is 5.41 Å². The first-order valence-corrected chi connectivity index (χ1v) is 30.3. The Morgan fingerprint density at radius 2 is 0.569 bits per heavy atom. The molecule has 0 saturated carbocycles. The van der Waals surface area contributed by atoms with Crippen LogP contribution in [0.25, 0.3) is 0 Å². The molecule has 12 heteroatoms. The Hall–Kier alpha value is -2.28. The molecule has 0 spiro atoms. The van der Waals surface area contributed by atoms with E-state index >= 15 is 0 Å². The Morgan fingerprint density at radius 3 is 0.889 bits per heavy atom. The van der Waals surface area contributed by atoms with E-state index in [1.165, 1.54) is 103 Å². The molecule has 0 N–H and O–H groups in total. The molecule has 0 atom stereocenters. The standard InChI is InChI=1S/C60H118N4O8/c1-9-13-16-19-22-27-32-37-42-56(65)70-53-60(54-71-57(66)43-38-33-28-23-20-17-14-10-2,55-72-58(67)44-39-34-29-24-21-18-15-11-3)59(68)69-52-41-36-31-26-25-30-35-40-45-62(6)48-49-64(8)51-50-63(7)47-46-61(5)12-4/h9-55H2,1-8H3. The van der Waals surface area contributed by atoms with E-state index in [1.807, 2.05) is 0 Å². The molecule has 12 nitrogen and oxygen atoms in total. The Kier molecular flexibility index (Phi) is 49.2. The van der Waals surface area contributed by atoms with E-state index in [-0.39, 0.29) is 45.7 Å². The van der Waals surface area contributed by atoms with Crippen molar-refractivity contribution in [3.63, 3.8) is 0 Å². The summed E-state index contributed by atoms with van der Waals surface area (Å²) < 4.78 is 23.3. The minimum Gasteiger partial charge on any atom is -0.465 e. The van der Waals surface area contributed by atoms with Crippen LogP contribution in [0.4, 0.5) is 0 Å². The number of carbonyl (C=O) groups excluding carboxylic acids is 4. The maximum atomic E-state index is 14.2. The first-order chi connectivity index (χ1) is 34.9. The molecule has 426 valence electrons. The Balaban J connectivity index is 5.25. The fourth-order valence-electron chi connectivity index (χ4n) is 8.76. The summed E-state index contributed by atoms with van der Waals surface area (Å²) in [6.45, 7) is 16.7. The van der Waals surface area contributed by atoms with Crippen molar-refractivity contribution in [3.05, 3.63) is 0 Å².